The molecule has 2 heterocycles. The summed E-state index contributed by atoms with van der Waals surface area (Å²) in [6, 6.07) is 2.19. The number of carbonyl (C=O) groups is 3. The van der Waals surface area contributed by atoms with Crippen LogP contribution in [-0.2, 0) is 27.6 Å². The zero-order valence-corrected chi connectivity index (χ0v) is 22.6. The van der Waals surface area contributed by atoms with Crippen molar-refractivity contribution in [3.8, 4) is 0 Å². The molecule has 1 aromatic heterocycles. The second-order valence-electron chi connectivity index (χ2n) is 8.69. The summed E-state index contributed by atoms with van der Waals surface area (Å²) in [6.07, 6.45) is 3.05. The zero-order valence-electron chi connectivity index (χ0n) is 21.8. The molecule has 14 heteroatoms. The Morgan fingerprint density at radius 3 is 2.05 bits per heavy atom. The molecule has 1 aromatic carbocycles. The van der Waals surface area contributed by atoms with Crippen LogP contribution in [0.4, 0.5) is 23.2 Å². The third kappa shape index (κ3) is 9.74. The number of halogens is 4. The molecule has 0 aliphatic carbocycles. The first-order chi connectivity index (χ1) is 17.9. The van der Waals surface area contributed by atoms with Crippen LogP contribution in [-0.4, -0.2) is 64.9 Å². The molecule has 212 valence electrons. The minimum absolute atomic E-state index is 0.0320. The first-order valence-electron chi connectivity index (χ1n) is 11.6. The predicted molar refractivity (Wildman–Crippen MR) is 136 cm³/mol. The number of aromatic nitrogens is 1. The number of carbonyl (C=O) groups excluding carboxylic acids is 3. The molecular formula is C24H33F4N5O4S. The Balaban J connectivity index is 0.000000398. The van der Waals surface area contributed by atoms with E-state index in [1.54, 1.807) is 7.05 Å². The Labute approximate surface area is 221 Å². The quantitative estimate of drug-likeness (QED) is 0.196. The van der Waals surface area contributed by atoms with Crippen molar-refractivity contribution in [1.82, 2.24) is 19.7 Å². The van der Waals surface area contributed by atoms with Gasteiger partial charge in [-0.3, -0.25) is 19.8 Å². The third-order valence-electron chi connectivity index (χ3n) is 5.38. The van der Waals surface area contributed by atoms with Gasteiger partial charge in [0.15, 0.2) is 42.1 Å². The van der Waals surface area contributed by atoms with Crippen molar-refractivity contribution < 1.29 is 36.2 Å². The highest BCUT2D eigenvalue weighted by Crippen LogP contribution is 2.21. The van der Waals surface area contributed by atoms with Gasteiger partial charge in [-0.15, -0.1) is 0 Å². The summed E-state index contributed by atoms with van der Waals surface area (Å²) in [5.74, 6) is -4.25. The minimum atomic E-state index is -1.67. The Bertz CT molecular complexity index is 1090. The number of aldehydes is 3. The van der Waals surface area contributed by atoms with Crippen LogP contribution >= 0.6 is 0 Å². The summed E-state index contributed by atoms with van der Waals surface area (Å²) in [4.78, 5) is 28.5. The van der Waals surface area contributed by atoms with Crippen molar-refractivity contribution in [3.05, 3.63) is 47.3 Å². The highest BCUT2D eigenvalue weighted by Gasteiger charge is 2.29. The van der Waals surface area contributed by atoms with Crippen molar-refractivity contribution in [3.63, 3.8) is 0 Å². The second-order valence-corrected chi connectivity index (χ2v) is 9.90. The lowest BCUT2D eigenvalue weighted by atomic mass is 9.96. The number of hydrogen-bond donors (Lipinski definition) is 3. The SMILES string of the molecule is CC(C)NN1CCC(NS(=O)c2cn(C)c(C=O)c2F)C(C)C1.CNc1cc(F)c(F)c(F)c1.O=CC=O. The van der Waals surface area contributed by atoms with E-state index in [-0.39, 0.29) is 40.8 Å². The van der Waals surface area contributed by atoms with E-state index in [0.29, 0.717) is 12.3 Å². The van der Waals surface area contributed by atoms with Crippen molar-refractivity contribution >= 4 is 35.5 Å². The second kappa shape index (κ2) is 16.1. The van der Waals surface area contributed by atoms with Crippen molar-refractivity contribution in [2.45, 2.75) is 44.2 Å². The van der Waals surface area contributed by atoms with Gasteiger partial charge in [0.05, 0.1) is 0 Å². The van der Waals surface area contributed by atoms with E-state index in [2.05, 4.69) is 41.2 Å². The van der Waals surface area contributed by atoms with E-state index in [1.807, 2.05) is 0 Å². The van der Waals surface area contributed by atoms with Crippen LogP contribution in [0.3, 0.4) is 0 Å². The molecule has 0 amide bonds. The Morgan fingerprint density at radius 1 is 1.05 bits per heavy atom. The van der Waals surface area contributed by atoms with E-state index >= 15 is 0 Å². The number of nitrogens with zero attached hydrogens (tertiary/aromatic N) is 2. The molecule has 3 N–H and O–H groups in total. The number of hydrazine groups is 1. The van der Waals surface area contributed by atoms with Crippen molar-refractivity contribution in [2.75, 3.05) is 25.5 Å². The van der Waals surface area contributed by atoms with E-state index in [9.17, 15) is 26.6 Å². The van der Waals surface area contributed by atoms with Crippen molar-refractivity contribution in [1.29, 1.82) is 0 Å². The van der Waals surface area contributed by atoms with Crippen LogP contribution in [0, 0.1) is 29.2 Å². The summed E-state index contributed by atoms with van der Waals surface area (Å²) >= 11 is 0. The summed E-state index contributed by atoms with van der Waals surface area (Å²) in [5, 5.41) is 4.66. The normalized spacial score (nSPS) is 17.9. The average molecular weight is 564 g/mol. The number of benzene rings is 1. The molecule has 1 fully saturated rings. The average Bonchev–Trinajstić information content (AvgIpc) is 3.16. The summed E-state index contributed by atoms with van der Waals surface area (Å²) in [5.41, 5.74) is 3.50. The lowest BCUT2D eigenvalue weighted by Crippen LogP contribution is -2.54. The molecule has 38 heavy (non-hydrogen) atoms. The highest BCUT2D eigenvalue weighted by molar-refractivity contribution is 7.83. The largest absolute Gasteiger partial charge is 0.388 e. The maximum absolute atomic E-state index is 14.1. The summed E-state index contributed by atoms with van der Waals surface area (Å²) in [7, 11) is 1.38. The number of aryl methyl sites for hydroxylation is 1. The highest BCUT2D eigenvalue weighted by atomic mass is 32.2. The number of nitrogens with one attached hydrogen (secondary N) is 3. The van der Waals surface area contributed by atoms with Gasteiger partial charge in [-0.25, -0.2) is 31.5 Å². The van der Waals surface area contributed by atoms with Gasteiger partial charge in [0.25, 0.3) is 0 Å². The van der Waals surface area contributed by atoms with Gasteiger partial charge in [0, 0.05) is 63.3 Å². The molecule has 0 saturated carbocycles. The van der Waals surface area contributed by atoms with E-state index in [1.165, 1.54) is 17.8 Å². The zero-order chi connectivity index (χ0) is 29.0. The van der Waals surface area contributed by atoms with Gasteiger partial charge < -0.3 is 9.88 Å². The summed E-state index contributed by atoms with van der Waals surface area (Å²) in [6.45, 7) is 7.94. The van der Waals surface area contributed by atoms with Gasteiger partial charge >= 0.3 is 0 Å². The van der Waals surface area contributed by atoms with Gasteiger partial charge in [0.1, 0.15) is 21.6 Å². The predicted octanol–water partition coefficient (Wildman–Crippen LogP) is 2.74. The molecule has 9 nitrogen and oxygen atoms in total. The van der Waals surface area contributed by atoms with Gasteiger partial charge in [-0.05, 0) is 26.2 Å². The maximum Gasteiger partial charge on any atom is 0.194 e. The Hall–Kier alpha value is -2.94. The molecule has 1 saturated heterocycles. The fraction of sp³-hybridized carbons (Fsp3) is 0.458. The van der Waals surface area contributed by atoms with Crippen LogP contribution < -0.4 is 15.5 Å². The maximum atomic E-state index is 14.1. The number of piperidine rings is 1. The molecular weight excluding hydrogens is 530 g/mol. The smallest absolute Gasteiger partial charge is 0.194 e. The summed E-state index contributed by atoms with van der Waals surface area (Å²) < 4.78 is 67.9. The van der Waals surface area contributed by atoms with Gasteiger partial charge in [0.2, 0.25) is 0 Å². The van der Waals surface area contributed by atoms with Crippen LogP contribution in [0.5, 0.6) is 0 Å². The molecule has 3 rings (SSSR count). The first kappa shape index (κ1) is 33.1. The number of anilines is 1. The topological polar surface area (TPSA) is 113 Å². The standard InChI is InChI=1S/C15H25FN4O2S.C7H6F3N.C2H2O2/c1-10(2)17-20-6-5-12(11(3)7-20)18-23(22)14-8-19(4)13(9-21)15(14)16;1-11-4-2-5(8)7(10)6(9)3-4;3-1-2-4/h8-12,17-18H,5-7H2,1-4H3;2-3,11H,1H3;1-2H. The van der Waals surface area contributed by atoms with Gasteiger partial charge in [-0.1, -0.05) is 6.92 Å². The molecule has 0 bridgehead atoms. The minimum Gasteiger partial charge on any atom is -0.388 e. The Morgan fingerprint density at radius 2 is 1.63 bits per heavy atom. The third-order valence-corrected chi connectivity index (χ3v) is 6.58. The van der Waals surface area contributed by atoms with Crippen LogP contribution in [0.25, 0.3) is 0 Å². The van der Waals surface area contributed by atoms with E-state index < -0.39 is 34.3 Å². The van der Waals surface area contributed by atoms with E-state index in [0.717, 1.165) is 31.6 Å². The van der Waals surface area contributed by atoms with Crippen LogP contribution in [0.1, 0.15) is 37.7 Å². The fourth-order valence-corrected chi connectivity index (χ4v) is 4.82. The fourth-order valence-electron chi connectivity index (χ4n) is 3.55. The van der Waals surface area contributed by atoms with Gasteiger partial charge in [-0.2, -0.15) is 0 Å². The first-order valence-corrected chi connectivity index (χ1v) is 12.7. The number of rotatable bonds is 8. The molecule has 3 atom stereocenters. The molecule has 2 aromatic rings. The van der Waals surface area contributed by atoms with Crippen molar-refractivity contribution in [2.24, 2.45) is 13.0 Å². The van der Waals surface area contributed by atoms with E-state index in [4.69, 9.17) is 9.59 Å². The molecule has 0 radical (unpaired) electrons. The monoisotopic (exact) mass is 563 g/mol. The molecule has 1 aliphatic rings. The molecule has 1 aliphatic heterocycles. The lowest BCUT2D eigenvalue weighted by Gasteiger charge is -2.38. The van der Waals surface area contributed by atoms with Crippen LogP contribution in [0.15, 0.2) is 23.2 Å². The molecule has 3 unspecified atom stereocenters. The van der Waals surface area contributed by atoms with Crippen LogP contribution in [0.2, 0.25) is 0 Å². The Kier molecular flexibility index (Phi) is 14.0. The lowest BCUT2D eigenvalue weighted by molar-refractivity contribution is -0.122. The molecule has 0 spiro atoms. The number of hydrogen-bond acceptors (Lipinski definition) is 7.